The molecule has 0 aliphatic carbocycles. The molecule has 1 unspecified atom stereocenters. The summed E-state index contributed by atoms with van der Waals surface area (Å²) in [5, 5.41) is 8.88. The fourth-order valence-electron chi connectivity index (χ4n) is 1.74. The largest absolute Gasteiger partial charge is 0.480 e. The van der Waals surface area contributed by atoms with E-state index in [0.29, 0.717) is 5.56 Å². The van der Waals surface area contributed by atoms with Crippen LogP contribution in [0.5, 0.6) is 0 Å². The van der Waals surface area contributed by atoms with Gasteiger partial charge in [0.15, 0.2) is 0 Å². The van der Waals surface area contributed by atoms with Crippen LogP contribution in [0.15, 0.2) is 24.3 Å². The quantitative estimate of drug-likeness (QED) is 0.871. The van der Waals surface area contributed by atoms with Gasteiger partial charge in [-0.1, -0.05) is 24.6 Å². The minimum Gasteiger partial charge on any atom is -0.480 e. The van der Waals surface area contributed by atoms with Crippen LogP contribution in [0.1, 0.15) is 36.2 Å². The van der Waals surface area contributed by atoms with E-state index in [4.69, 9.17) is 5.11 Å². The van der Waals surface area contributed by atoms with Crippen molar-refractivity contribution in [3.05, 3.63) is 35.4 Å². The molecule has 98 valence electrons. The van der Waals surface area contributed by atoms with Crippen LogP contribution in [0.4, 0.5) is 0 Å². The Morgan fingerprint density at radius 3 is 2.56 bits per heavy atom. The van der Waals surface area contributed by atoms with Crippen LogP contribution < -0.4 is 0 Å². The number of amides is 1. The van der Waals surface area contributed by atoms with Crippen molar-refractivity contribution in [2.75, 3.05) is 6.54 Å². The number of hydrogen-bond acceptors (Lipinski definition) is 2. The molecule has 0 saturated carbocycles. The molecule has 0 radical (unpaired) electrons. The highest BCUT2D eigenvalue weighted by Gasteiger charge is 2.22. The molecule has 0 aliphatic heterocycles. The second kappa shape index (κ2) is 6.19. The van der Waals surface area contributed by atoms with Gasteiger partial charge in [-0.2, -0.15) is 0 Å². The van der Waals surface area contributed by atoms with Crippen molar-refractivity contribution < 1.29 is 14.7 Å². The molecular weight excluding hydrogens is 230 g/mol. The van der Waals surface area contributed by atoms with Gasteiger partial charge in [-0.3, -0.25) is 9.59 Å². The van der Waals surface area contributed by atoms with Gasteiger partial charge in [0, 0.05) is 11.6 Å². The molecule has 0 aliphatic rings. The monoisotopic (exact) mass is 249 g/mol. The summed E-state index contributed by atoms with van der Waals surface area (Å²) >= 11 is 0. The van der Waals surface area contributed by atoms with Crippen LogP contribution in [0.25, 0.3) is 0 Å². The molecule has 1 aromatic carbocycles. The van der Waals surface area contributed by atoms with Crippen molar-refractivity contribution in [1.82, 2.24) is 4.90 Å². The molecule has 1 atom stereocenters. The number of aliphatic carboxylic acids is 1. The van der Waals surface area contributed by atoms with E-state index in [9.17, 15) is 9.59 Å². The lowest BCUT2D eigenvalue weighted by Crippen LogP contribution is -2.41. The van der Waals surface area contributed by atoms with E-state index in [1.54, 1.807) is 18.2 Å². The Balaban J connectivity index is 2.98. The second-order valence-electron chi connectivity index (χ2n) is 4.45. The van der Waals surface area contributed by atoms with E-state index in [1.807, 2.05) is 26.8 Å². The third-order valence-electron chi connectivity index (χ3n) is 2.95. The summed E-state index contributed by atoms with van der Waals surface area (Å²) in [4.78, 5) is 24.5. The Morgan fingerprint density at radius 1 is 1.39 bits per heavy atom. The Labute approximate surface area is 107 Å². The maximum Gasteiger partial charge on any atom is 0.323 e. The van der Waals surface area contributed by atoms with Crippen LogP contribution >= 0.6 is 0 Å². The predicted molar refractivity (Wildman–Crippen MR) is 69.6 cm³/mol. The summed E-state index contributed by atoms with van der Waals surface area (Å²) < 4.78 is 0. The second-order valence-corrected chi connectivity index (χ2v) is 4.45. The Morgan fingerprint density at radius 2 is 2.06 bits per heavy atom. The number of aryl methyl sites for hydroxylation is 1. The average Bonchev–Trinajstić information content (AvgIpc) is 2.34. The number of nitrogens with zero attached hydrogens (tertiary/aromatic N) is 1. The zero-order valence-electron chi connectivity index (χ0n) is 11.0. The van der Waals surface area contributed by atoms with Crippen molar-refractivity contribution in [2.24, 2.45) is 0 Å². The standard InChI is InChI=1S/C14H19NO3/c1-4-11(3)15(9-13(16)17)14(18)12-7-5-6-10(2)8-12/h5-8,11H,4,9H2,1-3H3,(H,16,17). The number of carboxylic acid groups (broad SMARTS) is 1. The van der Waals surface area contributed by atoms with E-state index in [2.05, 4.69) is 0 Å². The number of hydrogen-bond donors (Lipinski definition) is 1. The minimum absolute atomic E-state index is 0.0888. The lowest BCUT2D eigenvalue weighted by Gasteiger charge is -2.27. The Bertz CT molecular complexity index is 442. The zero-order valence-corrected chi connectivity index (χ0v) is 11.0. The van der Waals surface area contributed by atoms with E-state index < -0.39 is 5.97 Å². The molecule has 1 amide bonds. The van der Waals surface area contributed by atoms with Crippen LogP contribution in [0.2, 0.25) is 0 Å². The van der Waals surface area contributed by atoms with Gasteiger partial charge in [-0.05, 0) is 32.4 Å². The van der Waals surface area contributed by atoms with Crippen LogP contribution in [-0.4, -0.2) is 34.5 Å². The first kappa shape index (κ1) is 14.2. The predicted octanol–water partition coefficient (Wildman–Crippen LogP) is 2.32. The van der Waals surface area contributed by atoms with E-state index in [0.717, 1.165) is 12.0 Å². The maximum atomic E-state index is 12.3. The molecule has 0 aromatic heterocycles. The normalized spacial score (nSPS) is 11.9. The average molecular weight is 249 g/mol. The van der Waals surface area contributed by atoms with Crippen molar-refractivity contribution >= 4 is 11.9 Å². The van der Waals surface area contributed by atoms with Gasteiger partial charge < -0.3 is 10.0 Å². The topological polar surface area (TPSA) is 57.6 Å². The summed E-state index contributed by atoms with van der Waals surface area (Å²) in [6, 6.07) is 7.11. The molecule has 0 spiro atoms. The maximum absolute atomic E-state index is 12.3. The van der Waals surface area contributed by atoms with Gasteiger partial charge >= 0.3 is 5.97 Å². The zero-order chi connectivity index (χ0) is 13.7. The molecule has 1 rings (SSSR count). The van der Waals surface area contributed by atoms with E-state index >= 15 is 0 Å². The first-order chi connectivity index (χ1) is 8.45. The smallest absolute Gasteiger partial charge is 0.323 e. The summed E-state index contributed by atoms with van der Waals surface area (Å²) in [5.41, 5.74) is 1.52. The Hall–Kier alpha value is -1.84. The molecule has 4 heteroatoms. The molecular formula is C14H19NO3. The number of carboxylic acids is 1. The SMILES string of the molecule is CCC(C)N(CC(=O)O)C(=O)c1cccc(C)c1. The van der Waals surface area contributed by atoms with Gasteiger partial charge in [0.25, 0.3) is 5.91 Å². The lowest BCUT2D eigenvalue weighted by molar-refractivity contribution is -0.138. The highest BCUT2D eigenvalue weighted by molar-refractivity contribution is 5.96. The van der Waals surface area contributed by atoms with Crippen LogP contribution in [-0.2, 0) is 4.79 Å². The summed E-state index contributed by atoms with van der Waals surface area (Å²) in [6.07, 6.45) is 0.727. The van der Waals surface area contributed by atoms with Gasteiger partial charge in [-0.15, -0.1) is 0 Å². The van der Waals surface area contributed by atoms with Crippen LogP contribution in [0, 0.1) is 6.92 Å². The molecule has 0 bridgehead atoms. The van der Waals surface area contributed by atoms with Gasteiger partial charge in [0.1, 0.15) is 6.54 Å². The fraction of sp³-hybridized carbons (Fsp3) is 0.429. The number of carbonyl (C=O) groups excluding carboxylic acids is 1. The number of carbonyl (C=O) groups is 2. The van der Waals surface area contributed by atoms with Crippen molar-refractivity contribution in [3.63, 3.8) is 0 Å². The summed E-state index contributed by atoms with van der Waals surface area (Å²) in [7, 11) is 0. The first-order valence-electron chi connectivity index (χ1n) is 6.05. The lowest BCUT2D eigenvalue weighted by atomic mass is 10.1. The summed E-state index contributed by atoms with van der Waals surface area (Å²) in [5.74, 6) is -1.22. The molecule has 0 fully saturated rings. The van der Waals surface area contributed by atoms with Gasteiger partial charge in [-0.25, -0.2) is 0 Å². The third kappa shape index (κ3) is 3.58. The fourth-order valence-corrected chi connectivity index (χ4v) is 1.74. The van der Waals surface area contributed by atoms with E-state index in [-0.39, 0.29) is 18.5 Å². The summed E-state index contributed by atoms with van der Waals surface area (Å²) in [6.45, 7) is 5.43. The van der Waals surface area contributed by atoms with Crippen molar-refractivity contribution in [3.8, 4) is 0 Å². The molecule has 1 N–H and O–H groups in total. The molecule has 1 aromatic rings. The van der Waals surface area contributed by atoms with Crippen molar-refractivity contribution in [2.45, 2.75) is 33.2 Å². The van der Waals surface area contributed by atoms with Gasteiger partial charge in [0.2, 0.25) is 0 Å². The number of rotatable bonds is 5. The highest BCUT2D eigenvalue weighted by atomic mass is 16.4. The Kier molecular flexibility index (Phi) is 4.89. The number of benzene rings is 1. The molecule has 18 heavy (non-hydrogen) atoms. The highest BCUT2D eigenvalue weighted by Crippen LogP contribution is 2.12. The third-order valence-corrected chi connectivity index (χ3v) is 2.95. The van der Waals surface area contributed by atoms with E-state index in [1.165, 1.54) is 4.90 Å². The van der Waals surface area contributed by atoms with Crippen LogP contribution in [0.3, 0.4) is 0 Å². The first-order valence-corrected chi connectivity index (χ1v) is 6.05. The van der Waals surface area contributed by atoms with Crippen molar-refractivity contribution in [1.29, 1.82) is 0 Å². The van der Waals surface area contributed by atoms with Gasteiger partial charge in [0.05, 0.1) is 0 Å². The molecule has 0 saturated heterocycles. The molecule has 0 heterocycles. The minimum atomic E-state index is -0.990. The molecule has 4 nitrogen and oxygen atoms in total.